The van der Waals surface area contributed by atoms with E-state index in [1.165, 1.54) is 57.3 Å². The molecule has 5 aliphatic rings. The highest BCUT2D eigenvalue weighted by Crippen LogP contribution is 2.41. The van der Waals surface area contributed by atoms with Crippen molar-refractivity contribution in [2.24, 2.45) is 0 Å². The molecule has 5 heterocycles. The summed E-state index contributed by atoms with van der Waals surface area (Å²) in [5.74, 6) is -20.6. The van der Waals surface area contributed by atoms with Crippen LogP contribution in [0.15, 0.2) is 146 Å². The molecule has 0 aliphatic carbocycles. The summed E-state index contributed by atoms with van der Waals surface area (Å²) in [5.41, 5.74) is 3.63. The molecule has 10 aromatic carbocycles. The molecule has 0 saturated heterocycles. The molecule has 0 amide bonds. The molecule has 0 unspecified atom stereocenters. The molecule has 0 bridgehead atoms. The summed E-state index contributed by atoms with van der Waals surface area (Å²) in [7, 11) is 0. The molecule has 0 aromatic heterocycles. The quantitative estimate of drug-likeness (QED) is 0.123. The largest absolute Gasteiger partial charge is 0.473 e. The van der Waals surface area contributed by atoms with Crippen LogP contribution in [0.3, 0.4) is 0 Å². The third-order valence-corrected chi connectivity index (χ3v) is 17.8. The zero-order valence-electron chi connectivity index (χ0n) is 58.6. The number of alkyl halides is 3. The Balaban J connectivity index is 0.000000136. The SMILES string of the molecule is CC(C)(C)c1ccc2c(c1)CN(c1ccc(F)c(F)c1)CO2.CC(C)(C)c1ccc2c(c1)CN(c1ccc(F)cc1F)CO2.Fc1cc(F)c(N2COc3cc(F)c(F)c(F)c3C2)c(F)c1.Fc1cc2c(c(F)c1F)CN(c1cccc(C(F)(F)F)c1)CO2.Fc1ccc(N2COc3cc(F)c(F)c(F)c3C2)cc1F. The topological polar surface area (TPSA) is 62.3 Å². The highest BCUT2D eigenvalue weighted by atomic mass is 19.4. The predicted molar refractivity (Wildman–Crippen MR) is 364 cm³/mol. The van der Waals surface area contributed by atoms with Gasteiger partial charge in [-0.15, -0.1) is 0 Å². The van der Waals surface area contributed by atoms with Gasteiger partial charge in [0.25, 0.3) is 0 Å². The van der Waals surface area contributed by atoms with E-state index in [1.54, 1.807) is 11.0 Å². The Morgan fingerprint density at radius 1 is 0.273 bits per heavy atom. The van der Waals surface area contributed by atoms with E-state index in [9.17, 15) is 92.2 Å². The second kappa shape index (κ2) is 32.1. The Labute approximate surface area is 615 Å². The summed E-state index contributed by atoms with van der Waals surface area (Å²) < 4.78 is 305. The highest BCUT2D eigenvalue weighted by Gasteiger charge is 2.35. The molecule has 0 spiro atoms. The van der Waals surface area contributed by atoms with Gasteiger partial charge in [0, 0.05) is 89.8 Å². The van der Waals surface area contributed by atoms with Gasteiger partial charge < -0.3 is 48.2 Å². The fourth-order valence-electron chi connectivity index (χ4n) is 11.8. The molecule has 0 fully saturated rings. The summed E-state index contributed by atoms with van der Waals surface area (Å²) in [4.78, 5) is 7.22. The van der Waals surface area contributed by atoms with Crippen molar-refractivity contribution in [3.63, 3.8) is 0 Å². The van der Waals surface area contributed by atoms with Crippen molar-refractivity contribution in [3.8, 4) is 28.7 Å². The fraction of sp³-hybridized carbons (Fsp3) is 0.241. The van der Waals surface area contributed by atoms with E-state index in [0.717, 1.165) is 76.1 Å². The molecule has 0 saturated carbocycles. The molecule has 31 heteroatoms. The minimum Gasteiger partial charge on any atom is -0.473 e. The lowest BCUT2D eigenvalue weighted by atomic mass is 9.86. The van der Waals surface area contributed by atoms with Crippen LogP contribution < -0.4 is 48.2 Å². The molecule has 0 atom stereocenters. The normalized spacial score (nSPS) is 14.2. The first-order valence-corrected chi connectivity index (χ1v) is 33.1. The molecule has 0 radical (unpaired) electrons. The third-order valence-electron chi connectivity index (χ3n) is 17.8. The Bertz CT molecular complexity index is 5090. The standard InChI is InChI=1S/2C18H19F2NO.C15H9F6NO.C14H7F6NO.C14H8F5NO/c1-18(2,3)13-4-7-17-12(8-13)10-21(11-22-17)16-6-5-14(19)9-15(16)20;1-18(2,3)13-4-7-17-12(8-13)10-21(11-22-17)14-5-6-15(19)16(20)9-14;16-11-5-12-10(13(17)14(11)18)6-22(7-23-12)9-3-1-2-8(4-9)15(19,20)21;15-6-1-9(17)14(10(18)2-6)21-4-7-11(22-5-21)3-8(16)13(20)12(7)19;15-9-2-1-7(3-10(9)16)20-5-8-12(21-6-20)4-11(17)14(19)13(8)18/h2*4-9H,10-11H2,1-3H3;1-5H,6-7H2;1-3H,4-5H2;1-4H,5-6H2. The number of ether oxygens (including phenoxy) is 5. The Morgan fingerprint density at radius 2 is 0.645 bits per heavy atom. The fourth-order valence-corrected chi connectivity index (χ4v) is 11.8. The smallest absolute Gasteiger partial charge is 0.416 e. The van der Waals surface area contributed by atoms with Crippen molar-refractivity contribution in [1.82, 2.24) is 0 Å². The van der Waals surface area contributed by atoms with Crippen LogP contribution in [0.4, 0.5) is 121 Å². The van der Waals surface area contributed by atoms with Gasteiger partial charge >= 0.3 is 6.18 Å². The first-order chi connectivity index (χ1) is 51.8. The van der Waals surface area contributed by atoms with Crippen molar-refractivity contribution in [3.05, 3.63) is 295 Å². The molecule has 10 aromatic rings. The van der Waals surface area contributed by atoms with Crippen LogP contribution in [0.25, 0.3) is 0 Å². The summed E-state index contributed by atoms with van der Waals surface area (Å²) in [6.45, 7) is 13.0. The van der Waals surface area contributed by atoms with Gasteiger partial charge in [0.1, 0.15) is 51.9 Å². The number of anilines is 5. The molecule has 5 aliphatic heterocycles. The molecule has 10 nitrogen and oxygen atoms in total. The maximum absolute atomic E-state index is 13.9. The zero-order valence-corrected chi connectivity index (χ0v) is 58.6. The summed E-state index contributed by atoms with van der Waals surface area (Å²) in [5, 5.41) is 0. The first-order valence-electron chi connectivity index (χ1n) is 33.1. The Morgan fingerprint density at radius 3 is 1.05 bits per heavy atom. The lowest BCUT2D eigenvalue weighted by molar-refractivity contribution is -0.137. The molecular weight excluding hydrogens is 1500 g/mol. The maximum Gasteiger partial charge on any atom is 0.416 e. The Kier molecular flexibility index (Phi) is 23.3. The van der Waals surface area contributed by atoms with Crippen LogP contribution in [0.5, 0.6) is 28.7 Å². The average molecular weight is 1560 g/mol. The van der Waals surface area contributed by atoms with Gasteiger partial charge in [0.05, 0.1) is 47.6 Å². The molecule has 0 N–H and O–H groups in total. The van der Waals surface area contributed by atoms with E-state index in [-0.39, 0.29) is 89.4 Å². The van der Waals surface area contributed by atoms with E-state index in [1.807, 2.05) is 17.0 Å². The number of benzene rings is 10. The van der Waals surface area contributed by atoms with Crippen LogP contribution in [-0.4, -0.2) is 33.7 Å². The first kappa shape index (κ1) is 79.8. The second-order valence-electron chi connectivity index (χ2n) is 27.4. The van der Waals surface area contributed by atoms with Crippen LogP contribution in [0.1, 0.15) is 86.1 Å². The van der Waals surface area contributed by atoms with Crippen LogP contribution in [-0.2, 0) is 49.7 Å². The number of hydrogen-bond acceptors (Lipinski definition) is 10. The van der Waals surface area contributed by atoms with E-state index < -0.39 is 135 Å². The van der Waals surface area contributed by atoms with Gasteiger partial charge in [0.15, 0.2) is 121 Å². The summed E-state index contributed by atoms with van der Waals surface area (Å²) in [6.07, 6.45) is -4.52. The number of halogens is 21. The number of rotatable bonds is 5. The van der Waals surface area contributed by atoms with Crippen molar-refractivity contribution >= 4 is 28.4 Å². The second-order valence-corrected chi connectivity index (χ2v) is 27.4. The number of hydrogen-bond donors (Lipinski definition) is 0. The van der Waals surface area contributed by atoms with Gasteiger partial charge in [-0.2, -0.15) is 13.2 Å². The van der Waals surface area contributed by atoms with Crippen molar-refractivity contribution < 1.29 is 116 Å². The van der Waals surface area contributed by atoms with Gasteiger partial charge in [-0.05, 0) is 101 Å². The average Bonchev–Trinajstić information content (AvgIpc) is 0.785. The van der Waals surface area contributed by atoms with Crippen LogP contribution >= 0.6 is 0 Å². The maximum atomic E-state index is 13.9. The Hall–Kier alpha value is -11.3. The predicted octanol–water partition coefficient (Wildman–Crippen LogP) is 21.3. The minimum absolute atomic E-state index is 0.0401. The lowest BCUT2D eigenvalue weighted by Crippen LogP contribution is -2.34. The van der Waals surface area contributed by atoms with E-state index in [2.05, 4.69) is 65.8 Å². The number of nitrogens with zero attached hydrogens (tertiary/aromatic N) is 5. The minimum atomic E-state index is -4.52. The monoisotopic (exact) mass is 1560 g/mol. The molecule has 15 rings (SSSR count). The zero-order chi connectivity index (χ0) is 79.7. The molecule has 580 valence electrons. The van der Waals surface area contributed by atoms with Gasteiger partial charge in [-0.25, -0.2) is 79.0 Å². The molecule has 110 heavy (non-hydrogen) atoms. The number of fused-ring (bicyclic) bond motifs is 5. The van der Waals surface area contributed by atoms with Crippen molar-refractivity contribution in [2.75, 3.05) is 58.2 Å². The van der Waals surface area contributed by atoms with Crippen LogP contribution in [0, 0.1) is 105 Å². The van der Waals surface area contributed by atoms with Crippen LogP contribution in [0.2, 0.25) is 0 Å². The van der Waals surface area contributed by atoms with Gasteiger partial charge in [0.2, 0.25) is 0 Å². The van der Waals surface area contributed by atoms with E-state index in [4.69, 9.17) is 23.7 Å². The highest BCUT2D eigenvalue weighted by molar-refractivity contribution is 5.57. The summed E-state index contributed by atoms with van der Waals surface area (Å²) in [6, 6.07) is 30.4. The summed E-state index contributed by atoms with van der Waals surface area (Å²) >= 11 is 0. The van der Waals surface area contributed by atoms with Gasteiger partial charge in [-0.1, -0.05) is 59.7 Å². The third kappa shape index (κ3) is 17.9. The lowest BCUT2D eigenvalue weighted by Gasteiger charge is -2.32. The molecular formula is C79H62F21N5O5. The van der Waals surface area contributed by atoms with E-state index >= 15 is 0 Å². The van der Waals surface area contributed by atoms with Crippen molar-refractivity contribution in [2.45, 2.75) is 91.3 Å². The van der Waals surface area contributed by atoms with Gasteiger partial charge in [-0.3, -0.25) is 0 Å². The van der Waals surface area contributed by atoms with Crippen molar-refractivity contribution in [1.29, 1.82) is 0 Å². The van der Waals surface area contributed by atoms with E-state index in [0.29, 0.717) is 49.4 Å².